The number of rotatable bonds is 2. The van der Waals surface area contributed by atoms with Gasteiger partial charge in [-0.15, -0.1) is 0 Å². The summed E-state index contributed by atoms with van der Waals surface area (Å²) < 4.78 is 5.06. The SMILES string of the molecule is C/C(=C\c1ccco1)C(N)=S. The van der Waals surface area contributed by atoms with Crippen LogP contribution in [0.4, 0.5) is 0 Å². The lowest BCUT2D eigenvalue weighted by Crippen LogP contribution is -2.08. The van der Waals surface area contributed by atoms with E-state index in [0.717, 1.165) is 11.3 Å². The van der Waals surface area contributed by atoms with Crippen molar-refractivity contribution < 1.29 is 4.42 Å². The molecule has 11 heavy (non-hydrogen) atoms. The number of furan rings is 1. The van der Waals surface area contributed by atoms with Gasteiger partial charge in [-0.3, -0.25) is 0 Å². The maximum absolute atomic E-state index is 5.37. The van der Waals surface area contributed by atoms with Gasteiger partial charge < -0.3 is 10.2 Å². The van der Waals surface area contributed by atoms with E-state index in [9.17, 15) is 0 Å². The lowest BCUT2D eigenvalue weighted by molar-refractivity contribution is 0.557. The Morgan fingerprint density at radius 3 is 2.91 bits per heavy atom. The molecule has 1 aromatic heterocycles. The summed E-state index contributed by atoms with van der Waals surface area (Å²) in [5, 5.41) is 0. The minimum absolute atomic E-state index is 0.404. The van der Waals surface area contributed by atoms with Crippen molar-refractivity contribution in [2.75, 3.05) is 0 Å². The second kappa shape index (κ2) is 3.34. The minimum Gasteiger partial charge on any atom is -0.465 e. The van der Waals surface area contributed by atoms with Gasteiger partial charge in [-0.05, 0) is 30.7 Å². The van der Waals surface area contributed by atoms with Gasteiger partial charge in [0.25, 0.3) is 0 Å². The molecule has 1 heterocycles. The first-order chi connectivity index (χ1) is 5.20. The molecule has 1 aromatic rings. The number of hydrogen-bond acceptors (Lipinski definition) is 2. The molecule has 0 aromatic carbocycles. The van der Waals surface area contributed by atoms with Crippen molar-refractivity contribution in [3.63, 3.8) is 0 Å². The number of nitrogens with two attached hydrogens (primary N) is 1. The molecule has 0 aliphatic heterocycles. The molecule has 0 aliphatic carbocycles. The zero-order chi connectivity index (χ0) is 8.27. The van der Waals surface area contributed by atoms with Gasteiger partial charge in [-0.2, -0.15) is 0 Å². The molecule has 0 radical (unpaired) electrons. The number of thiocarbonyl (C=S) groups is 1. The fraction of sp³-hybridized carbons (Fsp3) is 0.125. The Morgan fingerprint density at radius 2 is 2.45 bits per heavy atom. The van der Waals surface area contributed by atoms with Crippen molar-refractivity contribution >= 4 is 23.3 Å². The fourth-order valence-corrected chi connectivity index (χ4v) is 0.717. The standard InChI is InChI=1S/C8H9NOS/c1-6(8(9)11)5-7-3-2-4-10-7/h2-5H,1H3,(H2,9,11)/b6-5+. The molecule has 2 nitrogen and oxygen atoms in total. The summed E-state index contributed by atoms with van der Waals surface area (Å²) in [5.41, 5.74) is 6.23. The molecule has 0 bridgehead atoms. The highest BCUT2D eigenvalue weighted by atomic mass is 32.1. The first kappa shape index (κ1) is 8.01. The molecule has 0 fully saturated rings. The van der Waals surface area contributed by atoms with Gasteiger partial charge in [0.2, 0.25) is 0 Å². The van der Waals surface area contributed by atoms with Crippen LogP contribution in [0.5, 0.6) is 0 Å². The van der Waals surface area contributed by atoms with E-state index >= 15 is 0 Å². The van der Waals surface area contributed by atoms with E-state index in [1.54, 1.807) is 6.26 Å². The zero-order valence-electron chi connectivity index (χ0n) is 6.20. The van der Waals surface area contributed by atoms with Gasteiger partial charge in [0, 0.05) is 0 Å². The predicted molar refractivity (Wildman–Crippen MR) is 49.1 cm³/mol. The lowest BCUT2D eigenvalue weighted by atomic mass is 10.2. The van der Waals surface area contributed by atoms with Gasteiger partial charge in [-0.1, -0.05) is 12.2 Å². The quantitative estimate of drug-likeness (QED) is 0.540. The van der Waals surface area contributed by atoms with Crippen LogP contribution in [0.15, 0.2) is 28.4 Å². The summed E-state index contributed by atoms with van der Waals surface area (Å²) in [5.74, 6) is 0.773. The maximum atomic E-state index is 5.37. The summed E-state index contributed by atoms with van der Waals surface area (Å²) in [6, 6.07) is 3.67. The van der Waals surface area contributed by atoms with Gasteiger partial charge in [-0.25, -0.2) is 0 Å². The van der Waals surface area contributed by atoms with Crippen LogP contribution in [0.2, 0.25) is 0 Å². The van der Waals surface area contributed by atoms with E-state index in [1.807, 2.05) is 25.1 Å². The Hall–Kier alpha value is -1.09. The largest absolute Gasteiger partial charge is 0.465 e. The van der Waals surface area contributed by atoms with Crippen LogP contribution in [0, 0.1) is 0 Å². The van der Waals surface area contributed by atoms with Crippen LogP contribution < -0.4 is 5.73 Å². The van der Waals surface area contributed by atoms with Gasteiger partial charge in [0.1, 0.15) is 5.76 Å². The Kier molecular flexibility index (Phi) is 2.44. The van der Waals surface area contributed by atoms with E-state index in [1.165, 1.54) is 0 Å². The van der Waals surface area contributed by atoms with Crippen molar-refractivity contribution in [2.24, 2.45) is 5.73 Å². The normalized spacial score (nSPS) is 11.5. The third-order valence-corrected chi connectivity index (χ3v) is 1.61. The summed E-state index contributed by atoms with van der Waals surface area (Å²) in [6.07, 6.45) is 3.42. The molecular weight excluding hydrogens is 158 g/mol. The average molecular weight is 167 g/mol. The maximum Gasteiger partial charge on any atom is 0.126 e. The van der Waals surface area contributed by atoms with Gasteiger partial charge >= 0.3 is 0 Å². The average Bonchev–Trinajstić information content (AvgIpc) is 2.39. The fourth-order valence-electron chi connectivity index (χ4n) is 0.658. The van der Waals surface area contributed by atoms with Crippen LogP contribution in [-0.2, 0) is 0 Å². The van der Waals surface area contributed by atoms with Gasteiger partial charge in [0.05, 0.1) is 11.3 Å². The number of hydrogen-bond donors (Lipinski definition) is 1. The molecule has 0 amide bonds. The molecule has 1 rings (SSSR count). The molecule has 0 saturated heterocycles. The molecule has 2 N–H and O–H groups in total. The Balaban J connectivity index is 2.82. The van der Waals surface area contributed by atoms with E-state index in [4.69, 9.17) is 22.4 Å². The highest BCUT2D eigenvalue weighted by Gasteiger charge is 1.94. The van der Waals surface area contributed by atoms with Crippen molar-refractivity contribution in [1.82, 2.24) is 0 Å². The minimum atomic E-state index is 0.404. The smallest absolute Gasteiger partial charge is 0.126 e. The van der Waals surface area contributed by atoms with Crippen molar-refractivity contribution in [2.45, 2.75) is 6.92 Å². The molecule has 0 aliphatic rings. The monoisotopic (exact) mass is 167 g/mol. The highest BCUT2D eigenvalue weighted by molar-refractivity contribution is 7.80. The second-order valence-electron chi connectivity index (χ2n) is 2.21. The lowest BCUT2D eigenvalue weighted by Gasteiger charge is -1.93. The van der Waals surface area contributed by atoms with Crippen LogP contribution in [0.3, 0.4) is 0 Å². The molecule has 58 valence electrons. The Morgan fingerprint density at radius 1 is 1.73 bits per heavy atom. The zero-order valence-corrected chi connectivity index (χ0v) is 7.02. The van der Waals surface area contributed by atoms with E-state index in [-0.39, 0.29) is 0 Å². The summed E-state index contributed by atoms with van der Waals surface area (Å²) in [7, 11) is 0. The van der Waals surface area contributed by atoms with Crippen LogP contribution in [0.25, 0.3) is 6.08 Å². The van der Waals surface area contributed by atoms with Crippen LogP contribution in [-0.4, -0.2) is 4.99 Å². The van der Waals surface area contributed by atoms with Gasteiger partial charge in [0.15, 0.2) is 0 Å². The summed E-state index contributed by atoms with van der Waals surface area (Å²) in [6.45, 7) is 1.85. The van der Waals surface area contributed by atoms with E-state index < -0.39 is 0 Å². The Labute approximate surface area is 70.7 Å². The third kappa shape index (κ3) is 2.20. The topological polar surface area (TPSA) is 39.2 Å². The van der Waals surface area contributed by atoms with E-state index in [0.29, 0.717) is 4.99 Å². The van der Waals surface area contributed by atoms with Crippen molar-refractivity contribution in [1.29, 1.82) is 0 Å². The van der Waals surface area contributed by atoms with Crippen molar-refractivity contribution in [3.05, 3.63) is 29.7 Å². The summed E-state index contributed by atoms with van der Waals surface area (Å²) >= 11 is 4.76. The summed E-state index contributed by atoms with van der Waals surface area (Å²) in [4.78, 5) is 0.404. The van der Waals surface area contributed by atoms with Crippen LogP contribution in [0.1, 0.15) is 12.7 Å². The second-order valence-corrected chi connectivity index (χ2v) is 2.65. The molecule has 3 heteroatoms. The van der Waals surface area contributed by atoms with Crippen molar-refractivity contribution in [3.8, 4) is 0 Å². The molecule has 0 atom stereocenters. The first-order valence-corrected chi connectivity index (χ1v) is 3.62. The molecule has 0 unspecified atom stereocenters. The van der Waals surface area contributed by atoms with Crippen LogP contribution >= 0.6 is 12.2 Å². The Bertz CT molecular complexity index is 274. The predicted octanol–water partition coefficient (Wildman–Crippen LogP) is 1.97. The van der Waals surface area contributed by atoms with E-state index in [2.05, 4.69) is 0 Å². The third-order valence-electron chi connectivity index (χ3n) is 1.29. The molecule has 0 spiro atoms. The highest BCUT2D eigenvalue weighted by Crippen LogP contribution is 2.06. The molecular formula is C8H9NOS. The molecule has 0 saturated carbocycles. The first-order valence-electron chi connectivity index (χ1n) is 3.22.